The summed E-state index contributed by atoms with van der Waals surface area (Å²) in [6.07, 6.45) is 4.80. The minimum absolute atomic E-state index is 0.295. The third-order valence-electron chi connectivity index (χ3n) is 4.24. The van der Waals surface area contributed by atoms with E-state index >= 15 is 0 Å². The number of hydrogen-bond acceptors (Lipinski definition) is 2. The van der Waals surface area contributed by atoms with E-state index in [1.807, 2.05) is 12.1 Å². The summed E-state index contributed by atoms with van der Waals surface area (Å²) in [5.41, 5.74) is 3.73. The largest absolute Gasteiger partial charge is 0.496 e. The molecule has 0 saturated carbocycles. The van der Waals surface area contributed by atoms with Crippen molar-refractivity contribution in [1.82, 2.24) is 0 Å². The van der Waals surface area contributed by atoms with Gasteiger partial charge in [0.15, 0.2) is 0 Å². The van der Waals surface area contributed by atoms with Gasteiger partial charge in [-0.1, -0.05) is 36.3 Å². The number of ether oxygens (including phenoxy) is 1. The van der Waals surface area contributed by atoms with Crippen LogP contribution in [0.5, 0.6) is 5.75 Å². The van der Waals surface area contributed by atoms with Crippen molar-refractivity contribution in [3.8, 4) is 5.75 Å². The molecule has 0 heterocycles. The van der Waals surface area contributed by atoms with Crippen LogP contribution < -0.4 is 4.74 Å². The van der Waals surface area contributed by atoms with Crippen LogP contribution in [0.4, 0.5) is 0 Å². The van der Waals surface area contributed by atoms with E-state index in [-0.39, 0.29) is 6.10 Å². The van der Waals surface area contributed by atoms with Gasteiger partial charge < -0.3 is 9.84 Å². The summed E-state index contributed by atoms with van der Waals surface area (Å²) < 4.78 is 5.41. The molecule has 0 amide bonds. The van der Waals surface area contributed by atoms with Crippen LogP contribution in [0.2, 0.25) is 0 Å². The summed E-state index contributed by atoms with van der Waals surface area (Å²) in [5.74, 6) is 1.81. The Labute approximate surface area is 122 Å². The first-order chi connectivity index (χ1) is 9.49. The van der Waals surface area contributed by atoms with Gasteiger partial charge >= 0.3 is 0 Å². The van der Waals surface area contributed by atoms with E-state index in [0.29, 0.717) is 18.3 Å². The molecule has 2 rings (SSSR count). The van der Waals surface area contributed by atoms with Gasteiger partial charge in [-0.05, 0) is 50.2 Å². The minimum atomic E-state index is -0.295. The van der Waals surface area contributed by atoms with Gasteiger partial charge in [-0.2, -0.15) is 0 Å². The van der Waals surface area contributed by atoms with E-state index in [1.165, 1.54) is 11.1 Å². The zero-order valence-electron chi connectivity index (χ0n) is 13.0. The number of aryl methyl sites for hydroxylation is 1. The monoisotopic (exact) mass is 274 g/mol. The molecule has 110 valence electrons. The van der Waals surface area contributed by atoms with E-state index in [2.05, 4.69) is 32.9 Å². The first-order valence-corrected chi connectivity index (χ1v) is 7.48. The summed E-state index contributed by atoms with van der Waals surface area (Å²) >= 11 is 0. The highest BCUT2D eigenvalue weighted by molar-refractivity contribution is 5.37. The van der Waals surface area contributed by atoms with Gasteiger partial charge in [0.1, 0.15) is 5.75 Å². The van der Waals surface area contributed by atoms with E-state index in [0.717, 1.165) is 24.2 Å². The van der Waals surface area contributed by atoms with Crippen LogP contribution in [-0.4, -0.2) is 18.3 Å². The zero-order chi connectivity index (χ0) is 14.7. The molecule has 2 heteroatoms. The molecule has 2 nitrogen and oxygen atoms in total. The van der Waals surface area contributed by atoms with E-state index in [9.17, 15) is 5.11 Å². The lowest BCUT2D eigenvalue weighted by Crippen LogP contribution is -2.27. The lowest BCUT2D eigenvalue weighted by atomic mass is 9.79. The Morgan fingerprint density at radius 3 is 2.75 bits per heavy atom. The first-order valence-electron chi connectivity index (χ1n) is 7.48. The maximum absolute atomic E-state index is 10.6. The van der Waals surface area contributed by atoms with Crippen molar-refractivity contribution < 1.29 is 9.84 Å². The van der Waals surface area contributed by atoms with Crippen molar-refractivity contribution in [1.29, 1.82) is 0 Å². The van der Waals surface area contributed by atoms with Gasteiger partial charge in [0.25, 0.3) is 0 Å². The Morgan fingerprint density at radius 1 is 1.35 bits per heavy atom. The highest BCUT2D eigenvalue weighted by atomic mass is 16.5. The van der Waals surface area contributed by atoms with Crippen molar-refractivity contribution in [3.63, 3.8) is 0 Å². The summed E-state index contributed by atoms with van der Waals surface area (Å²) in [5, 5.41) is 10.6. The second-order valence-corrected chi connectivity index (χ2v) is 6.28. The smallest absolute Gasteiger partial charge is 0.122 e. The molecule has 0 aliphatic heterocycles. The average molecular weight is 274 g/mol. The SMILES string of the molecule is COc1ccc(C)cc1CC(O)C1CC(C)=CC(C)C1. The standard InChI is InChI=1S/C18H26O2/c1-12-5-6-18(20-4)16(8-12)11-17(19)15-9-13(2)7-14(3)10-15/h5-8,13,15,17,19H,9-11H2,1-4H3. The summed E-state index contributed by atoms with van der Waals surface area (Å²) in [4.78, 5) is 0. The van der Waals surface area contributed by atoms with E-state index in [1.54, 1.807) is 7.11 Å². The fourth-order valence-electron chi connectivity index (χ4n) is 3.35. The normalized spacial score (nSPS) is 24.1. The average Bonchev–Trinajstić information content (AvgIpc) is 2.37. The lowest BCUT2D eigenvalue weighted by molar-refractivity contribution is 0.0926. The summed E-state index contributed by atoms with van der Waals surface area (Å²) in [6.45, 7) is 6.48. The second kappa shape index (κ2) is 6.45. The van der Waals surface area contributed by atoms with E-state index < -0.39 is 0 Å². The molecule has 0 spiro atoms. The number of benzene rings is 1. The van der Waals surface area contributed by atoms with Crippen LogP contribution in [0.15, 0.2) is 29.8 Å². The number of rotatable bonds is 4. The highest BCUT2D eigenvalue weighted by Crippen LogP contribution is 2.32. The molecule has 1 aliphatic rings. The molecule has 0 saturated heterocycles. The van der Waals surface area contributed by atoms with Crippen molar-refractivity contribution in [2.45, 2.75) is 46.1 Å². The second-order valence-electron chi connectivity index (χ2n) is 6.28. The third-order valence-corrected chi connectivity index (χ3v) is 4.24. The van der Waals surface area contributed by atoms with Crippen molar-refractivity contribution in [3.05, 3.63) is 41.0 Å². The molecule has 0 aromatic heterocycles. The summed E-state index contributed by atoms with van der Waals surface area (Å²) in [6, 6.07) is 6.16. The fraction of sp³-hybridized carbons (Fsp3) is 0.556. The molecular weight excluding hydrogens is 248 g/mol. The van der Waals surface area contributed by atoms with Crippen LogP contribution in [-0.2, 0) is 6.42 Å². The zero-order valence-corrected chi connectivity index (χ0v) is 13.0. The molecule has 0 radical (unpaired) electrons. The number of allylic oxidation sites excluding steroid dienone is 2. The number of aliphatic hydroxyl groups excluding tert-OH is 1. The molecule has 3 atom stereocenters. The lowest BCUT2D eigenvalue weighted by Gasteiger charge is -2.29. The van der Waals surface area contributed by atoms with Crippen LogP contribution in [0.25, 0.3) is 0 Å². The van der Waals surface area contributed by atoms with Crippen molar-refractivity contribution in [2.24, 2.45) is 11.8 Å². The van der Waals surface area contributed by atoms with Crippen molar-refractivity contribution >= 4 is 0 Å². The maximum Gasteiger partial charge on any atom is 0.122 e. The number of methoxy groups -OCH3 is 1. The Hall–Kier alpha value is -1.28. The van der Waals surface area contributed by atoms with Crippen LogP contribution >= 0.6 is 0 Å². The van der Waals surface area contributed by atoms with Gasteiger partial charge in [0, 0.05) is 6.42 Å². The Kier molecular flexibility index (Phi) is 4.87. The molecule has 1 aromatic carbocycles. The van der Waals surface area contributed by atoms with Gasteiger partial charge in [-0.25, -0.2) is 0 Å². The highest BCUT2D eigenvalue weighted by Gasteiger charge is 2.25. The van der Waals surface area contributed by atoms with Gasteiger partial charge in [0.2, 0.25) is 0 Å². The van der Waals surface area contributed by atoms with Crippen LogP contribution in [0.3, 0.4) is 0 Å². The Morgan fingerprint density at radius 2 is 2.10 bits per heavy atom. The molecule has 0 bridgehead atoms. The van der Waals surface area contributed by atoms with Crippen molar-refractivity contribution in [2.75, 3.05) is 7.11 Å². The molecular formula is C18H26O2. The first kappa shape index (κ1) is 15.1. The molecule has 0 fully saturated rings. The maximum atomic E-state index is 10.6. The summed E-state index contributed by atoms with van der Waals surface area (Å²) in [7, 11) is 1.69. The molecule has 1 aliphatic carbocycles. The topological polar surface area (TPSA) is 29.5 Å². The molecule has 1 aromatic rings. The van der Waals surface area contributed by atoms with Gasteiger partial charge in [0.05, 0.1) is 13.2 Å². The van der Waals surface area contributed by atoms with E-state index in [4.69, 9.17) is 4.74 Å². The third kappa shape index (κ3) is 3.63. The minimum Gasteiger partial charge on any atom is -0.496 e. The number of hydrogen-bond donors (Lipinski definition) is 1. The van der Waals surface area contributed by atoms with Gasteiger partial charge in [-0.15, -0.1) is 0 Å². The molecule has 1 N–H and O–H groups in total. The van der Waals surface area contributed by atoms with Crippen LogP contribution in [0.1, 0.15) is 37.8 Å². The van der Waals surface area contributed by atoms with Crippen LogP contribution in [0, 0.1) is 18.8 Å². The Balaban J connectivity index is 2.10. The quantitative estimate of drug-likeness (QED) is 0.844. The molecule has 3 unspecified atom stereocenters. The fourth-order valence-corrected chi connectivity index (χ4v) is 3.35. The van der Waals surface area contributed by atoms with Gasteiger partial charge in [-0.3, -0.25) is 0 Å². The number of aliphatic hydroxyl groups is 1. The predicted octanol–water partition coefficient (Wildman–Crippen LogP) is 3.90. The molecule has 20 heavy (non-hydrogen) atoms. The Bertz CT molecular complexity index is 490. The predicted molar refractivity (Wildman–Crippen MR) is 83.1 cm³/mol.